The number of esters is 1. The van der Waals surface area contributed by atoms with Crippen LogP contribution in [0.25, 0.3) is 0 Å². The number of ether oxygens (including phenoxy) is 1. The molecule has 1 aliphatic rings. The van der Waals surface area contributed by atoms with Gasteiger partial charge in [0.25, 0.3) is 0 Å². The summed E-state index contributed by atoms with van der Waals surface area (Å²) < 4.78 is 4.91. The second-order valence-corrected chi connectivity index (χ2v) is 3.18. The molecule has 1 aliphatic carbocycles. The van der Waals surface area contributed by atoms with Crippen molar-refractivity contribution in [2.75, 3.05) is 6.61 Å². The summed E-state index contributed by atoms with van der Waals surface area (Å²) in [6.07, 6.45) is 2.73. The molecule has 1 fully saturated rings. The van der Waals surface area contributed by atoms with Crippen molar-refractivity contribution in [3.63, 3.8) is 0 Å². The van der Waals surface area contributed by atoms with Gasteiger partial charge in [0.15, 0.2) is 0 Å². The second-order valence-electron chi connectivity index (χ2n) is 3.18. The summed E-state index contributed by atoms with van der Waals surface area (Å²) in [5, 5.41) is 0. The topological polar surface area (TPSA) is 26.3 Å². The lowest BCUT2D eigenvalue weighted by Gasteiger charge is -2.07. The fourth-order valence-corrected chi connectivity index (χ4v) is 1.27. The monoisotopic (exact) mass is 154 g/mol. The molecule has 0 bridgehead atoms. The van der Waals surface area contributed by atoms with Crippen molar-refractivity contribution in [1.82, 2.24) is 0 Å². The first-order valence-corrected chi connectivity index (χ1v) is 3.95. The summed E-state index contributed by atoms with van der Waals surface area (Å²) in [5.74, 6) is 0.256. The molecule has 0 heterocycles. The van der Waals surface area contributed by atoms with E-state index >= 15 is 0 Å². The third kappa shape index (κ3) is 1.30. The van der Waals surface area contributed by atoms with Crippen LogP contribution in [0.2, 0.25) is 0 Å². The molecular weight excluding hydrogens is 140 g/mol. The van der Waals surface area contributed by atoms with Gasteiger partial charge in [0.2, 0.25) is 0 Å². The van der Waals surface area contributed by atoms with Crippen LogP contribution in [0.15, 0.2) is 12.7 Å². The predicted molar refractivity (Wildman–Crippen MR) is 43.0 cm³/mol. The van der Waals surface area contributed by atoms with E-state index in [0.29, 0.717) is 12.5 Å². The first-order valence-electron chi connectivity index (χ1n) is 3.95. The summed E-state index contributed by atoms with van der Waals surface area (Å²) in [6.45, 7) is 7.88. The van der Waals surface area contributed by atoms with E-state index in [-0.39, 0.29) is 11.4 Å². The third-order valence-corrected chi connectivity index (χ3v) is 2.33. The molecule has 2 atom stereocenters. The molecule has 0 N–H and O–H groups in total. The lowest BCUT2D eigenvalue weighted by molar-refractivity contribution is -0.149. The van der Waals surface area contributed by atoms with Crippen molar-refractivity contribution >= 4 is 5.97 Å². The van der Waals surface area contributed by atoms with Gasteiger partial charge in [-0.15, -0.1) is 6.58 Å². The molecule has 11 heavy (non-hydrogen) atoms. The highest BCUT2D eigenvalue weighted by molar-refractivity contribution is 5.80. The Morgan fingerprint density at radius 1 is 1.91 bits per heavy atom. The molecule has 2 heteroatoms. The van der Waals surface area contributed by atoms with E-state index in [1.54, 1.807) is 0 Å². The van der Waals surface area contributed by atoms with Crippen LogP contribution < -0.4 is 0 Å². The molecule has 62 valence electrons. The smallest absolute Gasteiger partial charge is 0.312 e. The largest absolute Gasteiger partial charge is 0.466 e. The van der Waals surface area contributed by atoms with Crippen molar-refractivity contribution in [3.05, 3.63) is 12.7 Å². The normalized spacial score (nSPS) is 34.5. The van der Waals surface area contributed by atoms with Crippen LogP contribution in [0.5, 0.6) is 0 Å². The molecule has 0 spiro atoms. The Bertz CT molecular complexity index is 186. The maximum absolute atomic E-state index is 11.2. The SMILES string of the molecule is C=CC1CC1(C)C(=O)OCC. The van der Waals surface area contributed by atoms with Crippen LogP contribution in [-0.2, 0) is 9.53 Å². The van der Waals surface area contributed by atoms with Gasteiger partial charge < -0.3 is 4.74 Å². The van der Waals surface area contributed by atoms with Gasteiger partial charge in [0.05, 0.1) is 12.0 Å². The van der Waals surface area contributed by atoms with Crippen LogP contribution in [-0.4, -0.2) is 12.6 Å². The van der Waals surface area contributed by atoms with E-state index in [9.17, 15) is 4.79 Å². The molecule has 0 radical (unpaired) electrons. The number of carbonyl (C=O) groups excluding carboxylic acids is 1. The average Bonchev–Trinajstić information content (AvgIpc) is 2.64. The van der Waals surface area contributed by atoms with Crippen LogP contribution in [0.1, 0.15) is 20.3 Å². The summed E-state index contributed by atoms with van der Waals surface area (Å²) in [6, 6.07) is 0. The Balaban J connectivity index is 2.49. The zero-order chi connectivity index (χ0) is 8.48. The Morgan fingerprint density at radius 2 is 2.55 bits per heavy atom. The van der Waals surface area contributed by atoms with E-state index in [2.05, 4.69) is 6.58 Å². The maximum atomic E-state index is 11.2. The van der Waals surface area contributed by atoms with E-state index in [4.69, 9.17) is 4.74 Å². The molecule has 0 saturated heterocycles. The molecule has 0 aromatic heterocycles. The highest BCUT2D eigenvalue weighted by Gasteiger charge is 2.55. The summed E-state index contributed by atoms with van der Waals surface area (Å²) in [4.78, 5) is 11.2. The van der Waals surface area contributed by atoms with Gasteiger partial charge in [0.1, 0.15) is 0 Å². The van der Waals surface area contributed by atoms with Gasteiger partial charge in [-0.2, -0.15) is 0 Å². The number of hydrogen-bond acceptors (Lipinski definition) is 2. The van der Waals surface area contributed by atoms with Crippen LogP contribution in [0, 0.1) is 11.3 Å². The summed E-state index contributed by atoms with van der Waals surface area (Å²) >= 11 is 0. The van der Waals surface area contributed by atoms with E-state index in [1.807, 2.05) is 19.9 Å². The molecule has 0 aliphatic heterocycles. The van der Waals surface area contributed by atoms with E-state index < -0.39 is 0 Å². The minimum Gasteiger partial charge on any atom is -0.466 e. The molecule has 0 aromatic rings. The number of rotatable bonds is 3. The zero-order valence-corrected chi connectivity index (χ0v) is 7.09. The lowest BCUT2D eigenvalue weighted by Crippen LogP contribution is -2.17. The maximum Gasteiger partial charge on any atom is 0.312 e. The van der Waals surface area contributed by atoms with E-state index in [1.165, 1.54) is 0 Å². The molecule has 0 aromatic carbocycles. The Labute approximate surface area is 67.2 Å². The van der Waals surface area contributed by atoms with Crippen LogP contribution >= 0.6 is 0 Å². The van der Waals surface area contributed by atoms with Gasteiger partial charge in [0, 0.05) is 0 Å². The quantitative estimate of drug-likeness (QED) is 0.457. The van der Waals surface area contributed by atoms with E-state index in [0.717, 1.165) is 6.42 Å². The van der Waals surface area contributed by atoms with Gasteiger partial charge >= 0.3 is 5.97 Å². The number of hydrogen-bond donors (Lipinski definition) is 0. The minimum atomic E-state index is -0.252. The highest BCUT2D eigenvalue weighted by atomic mass is 16.5. The fourth-order valence-electron chi connectivity index (χ4n) is 1.27. The Hall–Kier alpha value is -0.790. The van der Waals surface area contributed by atoms with Gasteiger partial charge in [-0.05, 0) is 26.2 Å². The lowest BCUT2D eigenvalue weighted by atomic mass is 10.1. The first kappa shape index (κ1) is 8.31. The highest BCUT2D eigenvalue weighted by Crippen LogP contribution is 2.53. The zero-order valence-electron chi connectivity index (χ0n) is 7.09. The number of allylic oxidation sites excluding steroid dienone is 1. The summed E-state index contributed by atoms with van der Waals surface area (Å²) in [7, 11) is 0. The van der Waals surface area contributed by atoms with Crippen molar-refractivity contribution in [3.8, 4) is 0 Å². The van der Waals surface area contributed by atoms with Crippen molar-refractivity contribution in [2.45, 2.75) is 20.3 Å². The fraction of sp³-hybridized carbons (Fsp3) is 0.667. The second kappa shape index (κ2) is 2.68. The Morgan fingerprint density at radius 3 is 2.91 bits per heavy atom. The van der Waals surface area contributed by atoms with Gasteiger partial charge in [-0.25, -0.2) is 0 Å². The Kier molecular flexibility index (Phi) is 2.03. The molecule has 1 rings (SSSR count). The molecule has 1 saturated carbocycles. The van der Waals surface area contributed by atoms with Crippen molar-refractivity contribution in [1.29, 1.82) is 0 Å². The predicted octanol–water partition coefficient (Wildman–Crippen LogP) is 1.76. The molecule has 2 nitrogen and oxygen atoms in total. The number of carbonyl (C=O) groups is 1. The van der Waals surface area contributed by atoms with Crippen LogP contribution in [0.4, 0.5) is 0 Å². The molecule has 0 amide bonds. The summed E-state index contributed by atoms with van der Waals surface area (Å²) in [5.41, 5.74) is -0.252. The van der Waals surface area contributed by atoms with Crippen LogP contribution in [0.3, 0.4) is 0 Å². The minimum absolute atomic E-state index is 0.0788. The van der Waals surface area contributed by atoms with Crippen molar-refractivity contribution in [2.24, 2.45) is 11.3 Å². The van der Waals surface area contributed by atoms with Gasteiger partial charge in [-0.3, -0.25) is 4.79 Å². The van der Waals surface area contributed by atoms with Gasteiger partial charge in [-0.1, -0.05) is 6.08 Å². The average molecular weight is 154 g/mol. The first-order chi connectivity index (χ1) is 5.15. The van der Waals surface area contributed by atoms with Crippen molar-refractivity contribution < 1.29 is 9.53 Å². The third-order valence-electron chi connectivity index (χ3n) is 2.33. The standard InChI is InChI=1S/C9H14O2/c1-4-7-6-9(7,3)8(10)11-5-2/h4,7H,1,5-6H2,2-3H3. The molecular formula is C9H14O2. The molecule has 2 unspecified atom stereocenters.